The molecule has 36 heavy (non-hydrogen) atoms. The molecular weight excluding hydrogens is 448 g/mol. The molecule has 0 aliphatic heterocycles. The van der Waals surface area contributed by atoms with Crippen molar-refractivity contribution in [3.05, 3.63) is 65.5 Å². The van der Waals surface area contributed by atoms with E-state index in [2.05, 4.69) is 31.1 Å². The van der Waals surface area contributed by atoms with Crippen LogP contribution in [0.2, 0.25) is 0 Å². The number of fused-ring (bicyclic) bond motifs is 5. The smallest absolute Gasteiger partial charge is 0.302 e. The van der Waals surface area contributed by atoms with Crippen molar-refractivity contribution in [1.29, 1.82) is 0 Å². The number of hydrogen-bond donors (Lipinski definition) is 0. The molecule has 1 aromatic heterocycles. The summed E-state index contributed by atoms with van der Waals surface area (Å²) in [5.41, 5.74) is 4.29. The zero-order chi connectivity index (χ0) is 25.1. The first kappa shape index (κ1) is 23.4. The van der Waals surface area contributed by atoms with Gasteiger partial charge in [0.1, 0.15) is 6.10 Å². The van der Waals surface area contributed by atoms with Gasteiger partial charge >= 0.3 is 5.97 Å². The minimum atomic E-state index is -0.277. The van der Waals surface area contributed by atoms with E-state index in [0.29, 0.717) is 23.5 Å². The van der Waals surface area contributed by atoms with E-state index >= 15 is 0 Å². The molecule has 0 radical (unpaired) electrons. The average Bonchev–Trinajstić information content (AvgIpc) is 3.42. The van der Waals surface area contributed by atoms with E-state index in [4.69, 9.17) is 4.74 Å². The number of para-hydroxylation sites is 1. The van der Waals surface area contributed by atoms with Crippen LogP contribution in [0.5, 0.6) is 0 Å². The second-order valence-electron chi connectivity index (χ2n) is 11.9. The van der Waals surface area contributed by atoms with Gasteiger partial charge in [0.15, 0.2) is 5.78 Å². The number of allylic oxidation sites excluding steroid dienone is 2. The van der Waals surface area contributed by atoms with Crippen LogP contribution in [0.1, 0.15) is 71.4 Å². The van der Waals surface area contributed by atoms with Crippen LogP contribution in [0.25, 0.3) is 11.8 Å². The molecule has 3 fully saturated rings. The fraction of sp³-hybridized carbons (Fsp3) is 0.516. The molecule has 0 bridgehead atoms. The third kappa shape index (κ3) is 3.62. The average molecular weight is 485 g/mol. The number of aromatic nitrogens is 2. The van der Waals surface area contributed by atoms with Crippen LogP contribution < -0.4 is 0 Å². The SMILES string of the molecule is CC(=O)OC1CCC2(C)C(=CCC3C4C/C(=C\c5ccnn5-c5ccccc5)C(=O)C4(C)CCC32)C1. The maximum Gasteiger partial charge on any atom is 0.302 e. The summed E-state index contributed by atoms with van der Waals surface area (Å²) in [6.45, 7) is 6.18. The van der Waals surface area contributed by atoms with E-state index < -0.39 is 0 Å². The van der Waals surface area contributed by atoms with Gasteiger partial charge in [0.2, 0.25) is 0 Å². The minimum absolute atomic E-state index is 0.0179. The van der Waals surface area contributed by atoms with Crippen molar-refractivity contribution in [3.63, 3.8) is 0 Å². The molecule has 3 saturated carbocycles. The fourth-order valence-electron chi connectivity index (χ4n) is 8.15. The van der Waals surface area contributed by atoms with Crippen LogP contribution in [-0.4, -0.2) is 27.6 Å². The number of rotatable bonds is 3. The van der Waals surface area contributed by atoms with Gasteiger partial charge in [-0.25, -0.2) is 4.68 Å². The molecule has 4 aliphatic rings. The molecule has 188 valence electrons. The number of hydrogen-bond acceptors (Lipinski definition) is 4. The number of carbonyl (C=O) groups excluding carboxylic acids is 2. The molecule has 1 heterocycles. The van der Waals surface area contributed by atoms with Crippen LogP contribution in [0.3, 0.4) is 0 Å². The first-order valence-corrected chi connectivity index (χ1v) is 13.5. The topological polar surface area (TPSA) is 61.2 Å². The Morgan fingerprint density at radius 2 is 1.83 bits per heavy atom. The first-order valence-electron chi connectivity index (χ1n) is 13.5. The summed E-state index contributed by atoms with van der Waals surface area (Å²) in [5, 5.41) is 4.53. The molecule has 6 atom stereocenters. The van der Waals surface area contributed by atoms with Crippen molar-refractivity contribution in [3.8, 4) is 5.69 Å². The van der Waals surface area contributed by atoms with E-state index in [1.807, 2.05) is 47.3 Å². The third-order valence-electron chi connectivity index (χ3n) is 10.0. The van der Waals surface area contributed by atoms with Crippen molar-refractivity contribution >= 4 is 17.8 Å². The Morgan fingerprint density at radius 3 is 2.61 bits per heavy atom. The standard InChI is InChI=1S/C31H36N2O3/c1-20(34)36-25-11-14-30(2)22(19-25)9-10-26-27(30)12-15-31(3)28(26)18-21(29(31)35)17-24-13-16-32-33(24)23-7-5-4-6-8-23/h4-9,13,16-17,25-28H,10-12,14-15,18-19H2,1-3H3/b21-17+. The second kappa shape index (κ2) is 8.57. The molecule has 5 heteroatoms. The van der Waals surface area contributed by atoms with Gasteiger partial charge in [0.25, 0.3) is 0 Å². The Hall–Kier alpha value is -2.95. The van der Waals surface area contributed by atoms with Crippen molar-refractivity contribution in [1.82, 2.24) is 9.78 Å². The summed E-state index contributed by atoms with van der Waals surface area (Å²) in [6, 6.07) is 12.1. The molecule has 2 aromatic rings. The lowest BCUT2D eigenvalue weighted by atomic mass is 9.48. The maximum atomic E-state index is 13.9. The Bertz CT molecular complexity index is 1260. The molecule has 5 nitrogen and oxygen atoms in total. The lowest BCUT2D eigenvalue weighted by Crippen LogP contribution is -2.50. The monoisotopic (exact) mass is 484 g/mol. The predicted octanol–water partition coefficient (Wildman–Crippen LogP) is 6.33. The molecule has 6 rings (SSSR count). The van der Waals surface area contributed by atoms with E-state index in [1.165, 1.54) is 12.5 Å². The van der Waals surface area contributed by atoms with E-state index in [1.54, 1.807) is 0 Å². The van der Waals surface area contributed by atoms with Crippen molar-refractivity contribution in [2.45, 2.75) is 71.8 Å². The molecule has 4 aliphatic carbocycles. The molecule has 0 spiro atoms. The van der Waals surface area contributed by atoms with Crippen LogP contribution in [0.4, 0.5) is 0 Å². The fourth-order valence-corrected chi connectivity index (χ4v) is 8.15. The lowest BCUT2D eigenvalue weighted by Gasteiger charge is -2.56. The van der Waals surface area contributed by atoms with Gasteiger partial charge in [-0.3, -0.25) is 9.59 Å². The number of ether oxygens (including phenoxy) is 1. The number of carbonyl (C=O) groups is 2. The molecule has 6 unspecified atom stereocenters. The zero-order valence-corrected chi connectivity index (χ0v) is 21.6. The minimum Gasteiger partial charge on any atom is -0.462 e. The largest absolute Gasteiger partial charge is 0.462 e. The summed E-state index contributed by atoms with van der Waals surface area (Å²) < 4.78 is 7.51. The highest BCUT2D eigenvalue weighted by atomic mass is 16.5. The summed E-state index contributed by atoms with van der Waals surface area (Å²) in [4.78, 5) is 25.4. The highest BCUT2D eigenvalue weighted by molar-refractivity contribution is 6.05. The van der Waals surface area contributed by atoms with Gasteiger partial charge in [-0.05, 0) is 91.5 Å². The summed E-state index contributed by atoms with van der Waals surface area (Å²) in [5.74, 6) is 1.66. The van der Waals surface area contributed by atoms with Crippen molar-refractivity contribution in [2.75, 3.05) is 0 Å². The predicted molar refractivity (Wildman–Crippen MR) is 139 cm³/mol. The Kier molecular flexibility index (Phi) is 5.58. The Labute approximate surface area is 213 Å². The van der Waals surface area contributed by atoms with Crippen LogP contribution in [0.15, 0.2) is 59.8 Å². The Morgan fingerprint density at radius 1 is 1.06 bits per heavy atom. The van der Waals surface area contributed by atoms with E-state index in [0.717, 1.165) is 61.9 Å². The lowest BCUT2D eigenvalue weighted by molar-refractivity contribution is -0.148. The highest BCUT2D eigenvalue weighted by Gasteiger charge is 2.60. The quantitative estimate of drug-likeness (QED) is 0.290. The normalized spacial score (nSPS) is 36.6. The summed E-state index contributed by atoms with van der Waals surface area (Å²) >= 11 is 0. The molecule has 0 amide bonds. The number of nitrogens with zero attached hydrogens (tertiary/aromatic N) is 2. The van der Waals surface area contributed by atoms with Gasteiger partial charge in [0, 0.05) is 18.8 Å². The second-order valence-corrected chi connectivity index (χ2v) is 11.9. The van der Waals surface area contributed by atoms with E-state index in [-0.39, 0.29) is 22.9 Å². The summed E-state index contributed by atoms with van der Waals surface area (Å²) in [7, 11) is 0. The Balaban J connectivity index is 1.29. The molecular formula is C31H36N2O3. The van der Waals surface area contributed by atoms with Gasteiger partial charge in [-0.15, -0.1) is 0 Å². The molecule has 0 N–H and O–H groups in total. The van der Waals surface area contributed by atoms with Crippen molar-refractivity contribution < 1.29 is 14.3 Å². The summed E-state index contributed by atoms with van der Waals surface area (Å²) in [6.07, 6.45) is 13.2. The van der Waals surface area contributed by atoms with Gasteiger partial charge in [0.05, 0.1) is 17.6 Å². The van der Waals surface area contributed by atoms with Crippen LogP contribution in [0, 0.1) is 28.6 Å². The van der Waals surface area contributed by atoms with Gasteiger partial charge < -0.3 is 4.74 Å². The van der Waals surface area contributed by atoms with Crippen LogP contribution in [-0.2, 0) is 14.3 Å². The number of ketones is 1. The first-order chi connectivity index (χ1) is 17.3. The number of Topliss-reactive ketones (excluding diaryl/α,β-unsaturated/α-hetero) is 1. The maximum absolute atomic E-state index is 13.9. The van der Waals surface area contributed by atoms with Crippen LogP contribution >= 0.6 is 0 Å². The number of esters is 1. The molecule has 1 aromatic carbocycles. The third-order valence-corrected chi connectivity index (χ3v) is 10.0. The van der Waals surface area contributed by atoms with Gasteiger partial charge in [-0.2, -0.15) is 5.10 Å². The van der Waals surface area contributed by atoms with E-state index in [9.17, 15) is 9.59 Å². The highest BCUT2D eigenvalue weighted by Crippen LogP contribution is 2.64. The zero-order valence-electron chi connectivity index (χ0n) is 21.6. The van der Waals surface area contributed by atoms with Gasteiger partial charge in [-0.1, -0.05) is 43.7 Å². The van der Waals surface area contributed by atoms with Crippen molar-refractivity contribution in [2.24, 2.45) is 28.6 Å². The molecule has 0 saturated heterocycles. The number of benzene rings is 1.